The van der Waals surface area contributed by atoms with Gasteiger partial charge in [0.2, 0.25) is 0 Å². The smallest absolute Gasteiger partial charge is 0.259 e. The van der Waals surface area contributed by atoms with Crippen LogP contribution in [0.5, 0.6) is 5.75 Å². The summed E-state index contributed by atoms with van der Waals surface area (Å²) < 4.78 is 29.2. The lowest BCUT2D eigenvalue weighted by Gasteiger charge is -2.16. The zero-order chi connectivity index (χ0) is 18.8. The number of hydrogen-bond acceptors (Lipinski definition) is 7. The van der Waals surface area contributed by atoms with Gasteiger partial charge in [0.15, 0.2) is 23.1 Å². The number of aliphatic hydroxyl groups excluding tert-OH is 1. The fourth-order valence-electron chi connectivity index (χ4n) is 2.71. The summed E-state index contributed by atoms with van der Waals surface area (Å²) in [5.41, 5.74) is 0.625. The lowest BCUT2D eigenvalue weighted by atomic mass is 10.1. The summed E-state index contributed by atoms with van der Waals surface area (Å²) in [6.45, 7) is 0.381. The topological polar surface area (TPSA) is 97.1 Å². The van der Waals surface area contributed by atoms with Gasteiger partial charge in [0.1, 0.15) is 5.56 Å². The Balaban J connectivity index is 2.00. The normalized spacial score (nSPS) is 19.4. The number of nitrogens with zero attached hydrogens (tertiary/aromatic N) is 2. The second kappa shape index (κ2) is 7.30. The summed E-state index contributed by atoms with van der Waals surface area (Å²) in [7, 11) is 4.79. The van der Waals surface area contributed by atoms with Crippen molar-refractivity contribution in [3.05, 3.63) is 29.6 Å². The van der Waals surface area contributed by atoms with Crippen molar-refractivity contribution in [2.24, 2.45) is 0 Å². The number of methoxy groups -OCH3 is 1. The van der Waals surface area contributed by atoms with Crippen molar-refractivity contribution in [3.8, 4) is 17.1 Å². The molecular formula is C17H20FN3O5. The first-order valence-corrected chi connectivity index (χ1v) is 8.00. The van der Waals surface area contributed by atoms with Gasteiger partial charge in [0, 0.05) is 19.7 Å². The highest BCUT2D eigenvalue weighted by atomic mass is 19.1. The molecule has 2 aromatic rings. The van der Waals surface area contributed by atoms with Gasteiger partial charge in [0.05, 0.1) is 32.5 Å². The highest BCUT2D eigenvalue weighted by Crippen LogP contribution is 2.33. The maximum Gasteiger partial charge on any atom is 0.259 e. The molecule has 2 unspecified atom stereocenters. The van der Waals surface area contributed by atoms with Crippen molar-refractivity contribution in [1.29, 1.82) is 0 Å². The Morgan fingerprint density at radius 3 is 2.81 bits per heavy atom. The van der Waals surface area contributed by atoms with Crippen molar-refractivity contribution in [1.82, 2.24) is 10.5 Å². The molecule has 1 saturated heterocycles. The number of amides is 1. The molecule has 0 aliphatic carbocycles. The second-order valence-corrected chi connectivity index (χ2v) is 6.14. The van der Waals surface area contributed by atoms with Gasteiger partial charge < -0.3 is 29.3 Å². The summed E-state index contributed by atoms with van der Waals surface area (Å²) >= 11 is 0. The molecule has 1 aliphatic rings. The van der Waals surface area contributed by atoms with Gasteiger partial charge in [-0.2, -0.15) is 0 Å². The van der Waals surface area contributed by atoms with E-state index in [9.17, 15) is 14.3 Å². The van der Waals surface area contributed by atoms with Crippen LogP contribution in [-0.4, -0.2) is 62.7 Å². The first-order valence-electron chi connectivity index (χ1n) is 8.00. The standard InChI is InChI=1S/C17H20FN3O5/c1-21(2)16-14(17(23)19-11-7-25-8-12(11)22)15(26-20-16)9-4-5-10(18)13(6-9)24-3/h4-6,11-12,22H,7-8H2,1-3H3,(H,19,23). The third kappa shape index (κ3) is 3.35. The molecule has 8 nitrogen and oxygen atoms in total. The fraction of sp³-hybridized carbons (Fsp3) is 0.412. The molecule has 9 heteroatoms. The van der Waals surface area contributed by atoms with Crippen LogP contribution in [0.15, 0.2) is 22.7 Å². The summed E-state index contributed by atoms with van der Waals surface area (Å²) in [5, 5.41) is 16.5. The third-order valence-electron chi connectivity index (χ3n) is 4.11. The van der Waals surface area contributed by atoms with Crippen LogP contribution in [0.25, 0.3) is 11.3 Å². The van der Waals surface area contributed by atoms with E-state index in [1.54, 1.807) is 19.0 Å². The third-order valence-corrected chi connectivity index (χ3v) is 4.11. The van der Waals surface area contributed by atoms with Gasteiger partial charge in [-0.15, -0.1) is 0 Å². The van der Waals surface area contributed by atoms with Gasteiger partial charge >= 0.3 is 0 Å². The van der Waals surface area contributed by atoms with Crippen LogP contribution >= 0.6 is 0 Å². The van der Waals surface area contributed by atoms with Gasteiger partial charge in [-0.1, -0.05) is 5.16 Å². The quantitative estimate of drug-likeness (QED) is 0.817. The van der Waals surface area contributed by atoms with Crippen LogP contribution in [0.4, 0.5) is 10.2 Å². The Labute approximate surface area is 149 Å². The Bertz CT molecular complexity index is 808. The largest absolute Gasteiger partial charge is 0.494 e. The first-order chi connectivity index (χ1) is 12.4. The molecule has 1 aromatic heterocycles. The lowest BCUT2D eigenvalue weighted by molar-refractivity contribution is 0.0887. The fourth-order valence-corrected chi connectivity index (χ4v) is 2.71. The Morgan fingerprint density at radius 2 is 2.19 bits per heavy atom. The minimum absolute atomic E-state index is 0.0243. The summed E-state index contributed by atoms with van der Waals surface area (Å²) in [4.78, 5) is 14.5. The molecular weight excluding hydrogens is 345 g/mol. The number of carbonyl (C=O) groups excluding carboxylic acids is 1. The molecule has 0 spiro atoms. The predicted molar refractivity (Wildman–Crippen MR) is 90.9 cm³/mol. The van der Waals surface area contributed by atoms with Crippen LogP contribution < -0.4 is 15.0 Å². The Morgan fingerprint density at radius 1 is 1.42 bits per heavy atom. The minimum Gasteiger partial charge on any atom is -0.494 e. The molecule has 0 bridgehead atoms. The SMILES string of the molecule is COc1cc(-c2onc(N(C)C)c2C(=O)NC2COCC2O)ccc1F. The molecule has 140 valence electrons. The Kier molecular flexibility index (Phi) is 5.10. The molecule has 0 radical (unpaired) electrons. The average Bonchev–Trinajstić information content (AvgIpc) is 3.22. The van der Waals surface area contributed by atoms with Crippen molar-refractivity contribution in [3.63, 3.8) is 0 Å². The lowest BCUT2D eigenvalue weighted by Crippen LogP contribution is -2.42. The summed E-state index contributed by atoms with van der Waals surface area (Å²) in [6, 6.07) is 3.60. The van der Waals surface area contributed by atoms with E-state index in [1.165, 1.54) is 25.3 Å². The van der Waals surface area contributed by atoms with E-state index >= 15 is 0 Å². The number of nitrogens with one attached hydrogen (secondary N) is 1. The van der Waals surface area contributed by atoms with E-state index in [-0.39, 0.29) is 30.3 Å². The zero-order valence-corrected chi connectivity index (χ0v) is 14.7. The van der Waals surface area contributed by atoms with Crippen molar-refractivity contribution < 1.29 is 28.3 Å². The van der Waals surface area contributed by atoms with Gasteiger partial charge in [-0.05, 0) is 18.2 Å². The van der Waals surface area contributed by atoms with E-state index in [4.69, 9.17) is 14.0 Å². The zero-order valence-electron chi connectivity index (χ0n) is 14.7. The minimum atomic E-state index is -0.781. The maximum absolute atomic E-state index is 13.7. The number of hydrogen-bond donors (Lipinski definition) is 2. The number of aromatic nitrogens is 1. The van der Waals surface area contributed by atoms with E-state index < -0.39 is 23.9 Å². The summed E-state index contributed by atoms with van der Waals surface area (Å²) in [6.07, 6.45) is -0.781. The number of benzene rings is 1. The number of rotatable bonds is 5. The highest BCUT2D eigenvalue weighted by molar-refractivity contribution is 6.04. The maximum atomic E-state index is 13.7. The first kappa shape index (κ1) is 18.2. The molecule has 1 aliphatic heterocycles. The highest BCUT2D eigenvalue weighted by Gasteiger charge is 2.32. The number of ether oxygens (including phenoxy) is 2. The van der Waals surface area contributed by atoms with Gasteiger partial charge in [-0.25, -0.2) is 4.39 Å². The molecule has 1 amide bonds. The van der Waals surface area contributed by atoms with Crippen molar-refractivity contribution in [2.45, 2.75) is 12.1 Å². The molecule has 2 atom stereocenters. The van der Waals surface area contributed by atoms with E-state index in [2.05, 4.69) is 10.5 Å². The van der Waals surface area contributed by atoms with Crippen LogP contribution in [0, 0.1) is 5.82 Å². The second-order valence-electron chi connectivity index (χ2n) is 6.14. The van der Waals surface area contributed by atoms with Crippen molar-refractivity contribution >= 4 is 11.7 Å². The van der Waals surface area contributed by atoms with Crippen LogP contribution in [0.3, 0.4) is 0 Å². The van der Waals surface area contributed by atoms with Gasteiger partial charge in [0.25, 0.3) is 5.91 Å². The van der Waals surface area contributed by atoms with Gasteiger partial charge in [-0.3, -0.25) is 4.79 Å². The van der Waals surface area contributed by atoms with E-state index in [0.29, 0.717) is 11.4 Å². The Hall–Kier alpha value is -2.65. The van der Waals surface area contributed by atoms with Crippen molar-refractivity contribution in [2.75, 3.05) is 39.3 Å². The average molecular weight is 365 g/mol. The van der Waals surface area contributed by atoms with E-state index in [0.717, 1.165) is 0 Å². The van der Waals surface area contributed by atoms with Crippen LogP contribution in [0.1, 0.15) is 10.4 Å². The number of halogens is 1. The monoisotopic (exact) mass is 365 g/mol. The summed E-state index contributed by atoms with van der Waals surface area (Å²) in [5.74, 6) is -0.480. The van der Waals surface area contributed by atoms with Crippen LogP contribution in [0.2, 0.25) is 0 Å². The molecule has 1 aromatic carbocycles. The molecule has 26 heavy (non-hydrogen) atoms. The predicted octanol–water partition coefficient (Wildman–Crippen LogP) is 1.04. The molecule has 3 rings (SSSR count). The number of aliphatic hydroxyl groups is 1. The van der Waals surface area contributed by atoms with Crippen LogP contribution in [-0.2, 0) is 4.74 Å². The number of anilines is 1. The molecule has 2 heterocycles. The van der Waals surface area contributed by atoms with E-state index in [1.807, 2.05) is 0 Å². The molecule has 1 fully saturated rings. The molecule has 2 N–H and O–H groups in total. The number of carbonyl (C=O) groups is 1. The molecule has 0 saturated carbocycles.